The van der Waals surface area contributed by atoms with E-state index in [0.29, 0.717) is 19.1 Å². The van der Waals surface area contributed by atoms with Crippen LogP contribution < -0.4 is 4.72 Å². The second-order valence-corrected chi connectivity index (χ2v) is 5.91. The van der Waals surface area contributed by atoms with Crippen molar-refractivity contribution in [2.24, 2.45) is 0 Å². The molecule has 0 aliphatic carbocycles. The molecular formula is C7H16N2O2S2. The van der Waals surface area contributed by atoms with Gasteiger partial charge in [-0.25, -0.2) is 12.7 Å². The Morgan fingerprint density at radius 3 is 2.77 bits per heavy atom. The fourth-order valence-corrected chi connectivity index (χ4v) is 2.94. The smallest absolute Gasteiger partial charge is 0.211 e. The highest BCUT2D eigenvalue weighted by molar-refractivity contribution is 7.96. The van der Waals surface area contributed by atoms with Gasteiger partial charge in [-0.1, -0.05) is 11.9 Å². The van der Waals surface area contributed by atoms with Gasteiger partial charge in [0.05, 0.1) is 6.26 Å². The number of piperidine rings is 1. The monoisotopic (exact) mass is 224 g/mol. The van der Waals surface area contributed by atoms with Crippen LogP contribution in [0, 0.1) is 0 Å². The fourth-order valence-electron chi connectivity index (χ4n) is 1.51. The Bertz CT molecular complexity index is 251. The predicted octanol–water partition coefficient (Wildman–Crippen LogP) is 0.278. The van der Waals surface area contributed by atoms with Crippen molar-refractivity contribution < 1.29 is 8.42 Å². The van der Waals surface area contributed by atoms with E-state index in [-0.39, 0.29) is 0 Å². The number of hydrogen-bond acceptors (Lipinski definition) is 4. The number of rotatable bonds is 3. The number of nitrogens with one attached hydrogen (secondary N) is 1. The van der Waals surface area contributed by atoms with E-state index < -0.39 is 10.0 Å². The third kappa shape index (κ3) is 3.46. The molecule has 1 aliphatic heterocycles. The maximum atomic E-state index is 11.2. The molecule has 0 aromatic carbocycles. The second-order valence-electron chi connectivity index (χ2n) is 3.28. The standard InChI is InChI=1S/C7H16N2O2S2/c1-12-8-7-4-3-5-9(6-7)13(2,10)11/h7-8H,3-6H2,1-2H3. The summed E-state index contributed by atoms with van der Waals surface area (Å²) in [6, 6.07) is 0.304. The van der Waals surface area contributed by atoms with Crippen LogP contribution >= 0.6 is 11.9 Å². The predicted molar refractivity (Wildman–Crippen MR) is 56.1 cm³/mol. The molecule has 1 fully saturated rings. The first-order chi connectivity index (χ1) is 6.04. The van der Waals surface area contributed by atoms with Gasteiger partial charge in [0.1, 0.15) is 0 Å². The van der Waals surface area contributed by atoms with E-state index in [2.05, 4.69) is 4.72 Å². The van der Waals surface area contributed by atoms with Gasteiger partial charge in [0.15, 0.2) is 0 Å². The fraction of sp³-hybridized carbons (Fsp3) is 1.00. The van der Waals surface area contributed by atoms with E-state index in [0.717, 1.165) is 12.8 Å². The highest BCUT2D eigenvalue weighted by Gasteiger charge is 2.25. The lowest BCUT2D eigenvalue weighted by molar-refractivity contribution is 0.309. The molecule has 1 heterocycles. The lowest BCUT2D eigenvalue weighted by Gasteiger charge is -2.30. The van der Waals surface area contributed by atoms with Gasteiger partial charge in [-0.05, 0) is 19.1 Å². The molecular weight excluding hydrogens is 208 g/mol. The van der Waals surface area contributed by atoms with Gasteiger partial charge < -0.3 is 0 Å². The molecule has 1 N–H and O–H groups in total. The number of hydrogen-bond donors (Lipinski definition) is 1. The maximum absolute atomic E-state index is 11.2. The van der Waals surface area contributed by atoms with Crippen molar-refractivity contribution in [3.8, 4) is 0 Å². The summed E-state index contributed by atoms with van der Waals surface area (Å²) in [5.41, 5.74) is 0. The van der Waals surface area contributed by atoms with Crippen molar-refractivity contribution in [2.75, 3.05) is 25.6 Å². The molecule has 0 aromatic rings. The van der Waals surface area contributed by atoms with Crippen LogP contribution in [0.3, 0.4) is 0 Å². The molecule has 1 saturated heterocycles. The van der Waals surface area contributed by atoms with Gasteiger partial charge in [-0.3, -0.25) is 4.72 Å². The molecule has 6 heteroatoms. The molecule has 0 amide bonds. The number of nitrogens with zero attached hydrogens (tertiary/aromatic N) is 1. The molecule has 0 bridgehead atoms. The van der Waals surface area contributed by atoms with Gasteiger partial charge >= 0.3 is 0 Å². The first-order valence-corrected chi connectivity index (χ1v) is 7.35. The summed E-state index contributed by atoms with van der Waals surface area (Å²) in [4.78, 5) is 0. The highest BCUT2D eigenvalue weighted by atomic mass is 32.2. The van der Waals surface area contributed by atoms with E-state index >= 15 is 0 Å². The quantitative estimate of drug-likeness (QED) is 0.700. The van der Waals surface area contributed by atoms with Gasteiger partial charge in [0, 0.05) is 19.1 Å². The van der Waals surface area contributed by atoms with Gasteiger partial charge in [-0.2, -0.15) is 0 Å². The molecule has 0 aromatic heterocycles. The molecule has 0 spiro atoms. The van der Waals surface area contributed by atoms with E-state index in [9.17, 15) is 8.42 Å². The van der Waals surface area contributed by atoms with E-state index in [4.69, 9.17) is 0 Å². The third-order valence-electron chi connectivity index (χ3n) is 2.14. The van der Waals surface area contributed by atoms with Crippen LogP contribution in [0.5, 0.6) is 0 Å². The van der Waals surface area contributed by atoms with Crippen molar-refractivity contribution in [1.82, 2.24) is 9.03 Å². The minimum Gasteiger partial charge on any atom is -0.260 e. The first-order valence-electron chi connectivity index (χ1n) is 4.27. The molecule has 1 unspecified atom stereocenters. The average Bonchev–Trinajstić information content (AvgIpc) is 2.04. The summed E-state index contributed by atoms with van der Waals surface area (Å²) in [5, 5.41) is 0. The zero-order valence-electron chi connectivity index (χ0n) is 7.99. The Morgan fingerprint density at radius 1 is 1.54 bits per heavy atom. The number of sulfonamides is 1. The molecule has 4 nitrogen and oxygen atoms in total. The molecule has 78 valence electrons. The highest BCUT2D eigenvalue weighted by Crippen LogP contribution is 2.14. The van der Waals surface area contributed by atoms with Crippen LogP contribution in [-0.4, -0.2) is 44.4 Å². The van der Waals surface area contributed by atoms with Crippen molar-refractivity contribution >= 4 is 22.0 Å². The Labute approximate surface area is 84.3 Å². The Hall–Kier alpha value is 0.220. The normalized spacial score (nSPS) is 26.2. The van der Waals surface area contributed by atoms with Crippen LogP contribution in [-0.2, 0) is 10.0 Å². The third-order valence-corrected chi connectivity index (χ3v) is 3.98. The van der Waals surface area contributed by atoms with Gasteiger partial charge in [0.2, 0.25) is 10.0 Å². The largest absolute Gasteiger partial charge is 0.260 e. The second kappa shape index (κ2) is 4.63. The first kappa shape index (κ1) is 11.3. The Morgan fingerprint density at radius 2 is 2.23 bits per heavy atom. The van der Waals surface area contributed by atoms with Crippen LogP contribution in [0.2, 0.25) is 0 Å². The van der Waals surface area contributed by atoms with E-state index in [1.165, 1.54) is 6.26 Å². The van der Waals surface area contributed by atoms with Crippen molar-refractivity contribution in [2.45, 2.75) is 18.9 Å². The van der Waals surface area contributed by atoms with Crippen LogP contribution in [0.15, 0.2) is 0 Å². The van der Waals surface area contributed by atoms with Gasteiger partial charge in [0.25, 0.3) is 0 Å². The summed E-state index contributed by atoms with van der Waals surface area (Å²) in [6.07, 6.45) is 5.24. The van der Waals surface area contributed by atoms with Crippen molar-refractivity contribution in [1.29, 1.82) is 0 Å². The SMILES string of the molecule is CSNC1CCCN(S(C)(=O)=O)C1. The minimum atomic E-state index is -2.99. The Balaban J connectivity index is 2.52. The molecule has 1 aliphatic rings. The zero-order chi connectivity index (χ0) is 9.90. The minimum absolute atomic E-state index is 0.304. The van der Waals surface area contributed by atoms with Crippen molar-refractivity contribution in [3.05, 3.63) is 0 Å². The lowest BCUT2D eigenvalue weighted by atomic mass is 10.1. The van der Waals surface area contributed by atoms with Crippen LogP contribution in [0.1, 0.15) is 12.8 Å². The summed E-state index contributed by atoms with van der Waals surface area (Å²) in [7, 11) is -2.99. The molecule has 0 saturated carbocycles. The van der Waals surface area contributed by atoms with Crippen molar-refractivity contribution in [3.63, 3.8) is 0 Å². The summed E-state index contributed by atoms with van der Waals surface area (Å²) >= 11 is 1.55. The summed E-state index contributed by atoms with van der Waals surface area (Å²) in [6.45, 7) is 1.28. The zero-order valence-corrected chi connectivity index (χ0v) is 9.62. The molecule has 0 radical (unpaired) electrons. The topological polar surface area (TPSA) is 49.4 Å². The lowest BCUT2D eigenvalue weighted by Crippen LogP contribution is -2.45. The van der Waals surface area contributed by atoms with Gasteiger partial charge in [-0.15, -0.1) is 0 Å². The van der Waals surface area contributed by atoms with Crippen LogP contribution in [0.25, 0.3) is 0 Å². The van der Waals surface area contributed by atoms with E-state index in [1.807, 2.05) is 6.26 Å². The van der Waals surface area contributed by atoms with E-state index in [1.54, 1.807) is 16.3 Å². The molecule has 13 heavy (non-hydrogen) atoms. The van der Waals surface area contributed by atoms with Crippen LogP contribution in [0.4, 0.5) is 0 Å². The maximum Gasteiger partial charge on any atom is 0.211 e. The average molecular weight is 224 g/mol. The summed E-state index contributed by atoms with van der Waals surface area (Å²) < 4.78 is 27.2. The molecule has 1 rings (SSSR count). The Kier molecular flexibility index (Phi) is 4.03. The summed E-state index contributed by atoms with van der Waals surface area (Å²) in [5.74, 6) is 0. The molecule has 1 atom stereocenters.